The van der Waals surface area contributed by atoms with Gasteiger partial charge in [0.15, 0.2) is 0 Å². The number of carbonyl (C=O) groups is 1. The van der Waals surface area contributed by atoms with Gasteiger partial charge in [-0.05, 0) is 37.1 Å². The van der Waals surface area contributed by atoms with Crippen LogP contribution in [0.25, 0.3) is 0 Å². The van der Waals surface area contributed by atoms with Crippen molar-refractivity contribution in [1.82, 2.24) is 5.32 Å². The lowest BCUT2D eigenvalue weighted by Crippen LogP contribution is -2.13. The van der Waals surface area contributed by atoms with Gasteiger partial charge >= 0.3 is 5.97 Å². The lowest BCUT2D eigenvalue weighted by atomic mass is 10.1. The molecular formula is C12H15NO2. The van der Waals surface area contributed by atoms with Gasteiger partial charge in [0, 0.05) is 13.0 Å². The second-order valence-electron chi connectivity index (χ2n) is 3.82. The second-order valence-corrected chi connectivity index (χ2v) is 3.82. The van der Waals surface area contributed by atoms with E-state index in [9.17, 15) is 4.79 Å². The summed E-state index contributed by atoms with van der Waals surface area (Å²) < 4.78 is 5.05. The molecule has 0 aromatic heterocycles. The predicted molar refractivity (Wildman–Crippen MR) is 57.7 cm³/mol. The second kappa shape index (κ2) is 4.45. The average molecular weight is 205 g/mol. The summed E-state index contributed by atoms with van der Waals surface area (Å²) >= 11 is 0. The number of ether oxygens (including phenoxy) is 1. The monoisotopic (exact) mass is 205 g/mol. The van der Waals surface area contributed by atoms with E-state index in [2.05, 4.69) is 11.4 Å². The third kappa shape index (κ3) is 2.57. The highest BCUT2D eigenvalue weighted by Crippen LogP contribution is 2.25. The zero-order chi connectivity index (χ0) is 10.7. The van der Waals surface area contributed by atoms with Gasteiger partial charge in [-0.15, -0.1) is 0 Å². The summed E-state index contributed by atoms with van der Waals surface area (Å²) in [6.45, 7) is 2.49. The molecule has 1 saturated heterocycles. The van der Waals surface area contributed by atoms with Crippen LogP contribution in [0.4, 0.5) is 0 Å². The standard InChI is InChI=1S/C12H15NO2/c1-9(14)15-11-5-2-4-10(8-11)12-6-3-7-13-12/h2,4-5,8,12-13H,3,6-7H2,1H3/t12-/m1/s1. The average Bonchev–Trinajstić information content (AvgIpc) is 2.69. The van der Waals surface area contributed by atoms with Crippen molar-refractivity contribution >= 4 is 5.97 Å². The van der Waals surface area contributed by atoms with Crippen molar-refractivity contribution in [2.45, 2.75) is 25.8 Å². The highest BCUT2D eigenvalue weighted by atomic mass is 16.5. The maximum absolute atomic E-state index is 10.8. The van der Waals surface area contributed by atoms with Gasteiger partial charge in [0.05, 0.1) is 0 Å². The Balaban J connectivity index is 2.14. The van der Waals surface area contributed by atoms with E-state index in [0.717, 1.165) is 13.0 Å². The van der Waals surface area contributed by atoms with Crippen LogP contribution in [0.2, 0.25) is 0 Å². The minimum atomic E-state index is -0.272. The molecule has 0 spiro atoms. The van der Waals surface area contributed by atoms with Gasteiger partial charge in [-0.2, -0.15) is 0 Å². The summed E-state index contributed by atoms with van der Waals surface area (Å²) in [7, 11) is 0. The Hall–Kier alpha value is -1.35. The van der Waals surface area contributed by atoms with Gasteiger partial charge in [-0.3, -0.25) is 4.79 Å². The Morgan fingerprint density at radius 2 is 2.40 bits per heavy atom. The topological polar surface area (TPSA) is 38.3 Å². The largest absolute Gasteiger partial charge is 0.427 e. The number of carbonyl (C=O) groups excluding carboxylic acids is 1. The summed E-state index contributed by atoms with van der Waals surface area (Å²) in [5.74, 6) is 0.361. The van der Waals surface area contributed by atoms with Crippen LogP contribution in [-0.4, -0.2) is 12.5 Å². The van der Waals surface area contributed by atoms with Crippen LogP contribution in [0.3, 0.4) is 0 Å². The summed E-state index contributed by atoms with van der Waals surface area (Å²) in [5, 5.41) is 3.41. The Morgan fingerprint density at radius 1 is 1.53 bits per heavy atom. The first-order chi connectivity index (χ1) is 7.25. The molecule has 15 heavy (non-hydrogen) atoms. The van der Waals surface area contributed by atoms with Gasteiger partial charge in [0.25, 0.3) is 0 Å². The van der Waals surface area contributed by atoms with Crippen LogP contribution in [0.1, 0.15) is 31.4 Å². The van der Waals surface area contributed by atoms with Crippen LogP contribution >= 0.6 is 0 Å². The molecule has 0 bridgehead atoms. The predicted octanol–water partition coefficient (Wildman–Crippen LogP) is 2.04. The molecule has 1 aromatic rings. The molecule has 1 fully saturated rings. The van der Waals surface area contributed by atoms with Crippen molar-refractivity contribution < 1.29 is 9.53 Å². The maximum atomic E-state index is 10.8. The van der Waals surface area contributed by atoms with E-state index >= 15 is 0 Å². The first-order valence-electron chi connectivity index (χ1n) is 5.27. The van der Waals surface area contributed by atoms with Crippen molar-refractivity contribution in [3.8, 4) is 5.75 Å². The Morgan fingerprint density at radius 3 is 3.07 bits per heavy atom. The third-order valence-corrected chi connectivity index (χ3v) is 2.58. The molecule has 1 N–H and O–H groups in total. The molecular weight excluding hydrogens is 190 g/mol. The summed E-state index contributed by atoms with van der Waals surface area (Å²) in [6, 6.07) is 8.15. The molecule has 0 aliphatic carbocycles. The lowest BCUT2D eigenvalue weighted by Gasteiger charge is -2.11. The van der Waals surface area contributed by atoms with Crippen LogP contribution in [-0.2, 0) is 4.79 Å². The van der Waals surface area contributed by atoms with Crippen molar-refractivity contribution in [2.75, 3.05) is 6.54 Å². The molecule has 0 amide bonds. The van der Waals surface area contributed by atoms with Crippen LogP contribution in [0, 0.1) is 0 Å². The fraction of sp³-hybridized carbons (Fsp3) is 0.417. The Bertz CT molecular complexity index is 356. The van der Waals surface area contributed by atoms with E-state index in [1.54, 1.807) is 6.07 Å². The molecule has 0 unspecified atom stereocenters. The molecule has 1 atom stereocenters. The summed E-state index contributed by atoms with van der Waals surface area (Å²) in [4.78, 5) is 10.8. The first-order valence-corrected chi connectivity index (χ1v) is 5.27. The third-order valence-electron chi connectivity index (χ3n) is 2.58. The molecule has 2 rings (SSSR count). The van der Waals surface area contributed by atoms with E-state index in [4.69, 9.17) is 4.74 Å². The smallest absolute Gasteiger partial charge is 0.308 e. The van der Waals surface area contributed by atoms with Gasteiger partial charge < -0.3 is 10.1 Å². The van der Waals surface area contributed by atoms with Crippen LogP contribution in [0.15, 0.2) is 24.3 Å². The molecule has 1 heterocycles. The zero-order valence-electron chi connectivity index (χ0n) is 8.82. The molecule has 1 aromatic carbocycles. The number of nitrogens with one attached hydrogen (secondary N) is 1. The van der Waals surface area contributed by atoms with Gasteiger partial charge in [0.2, 0.25) is 0 Å². The normalized spacial score (nSPS) is 20.2. The number of hydrogen-bond acceptors (Lipinski definition) is 3. The van der Waals surface area contributed by atoms with Crippen molar-refractivity contribution in [3.05, 3.63) is 29.8 Å². The van der Waals surface area contributed by atoms with Gasteiger partial charge in [-0.25, -0.2) is 0 Å². The quantitative estimate of drug-likeness (QED) is 0.593. The number of benzene rings is 1. The van der Waals surface area contributed by atoms with Crippen molar-refractivity contribution in [3.63, 3.8) is 0 Å². The number of hydrogen-bond donors (Lipinski definition) is 1. The van der Waals surface area contributed by atoms with E-state index in [1.807, 2.05) is 12.1 Å². The summed E-state index contributed by atoms with van der Waals surface area (Å²) in [6.07, 6.45) is 2.37. The maximum Gasteiger partial charge on any atom is 0.308 e. The highest BCUT2D eigenvalue weighted by Gasteiger charge is 2.16. The lowest BCUT2D eigenvalue weighted by molar-refractivity contribution is -0.131. The van der Waals surface area contributed by atoms with E-state index < -0.39 is 0 Å². The molecule has 1 aliphatic rings. The fourth-order valence-electron chi connectivity index (χ4n) is 1.93. The van der Waals surface area contributed by atoms with Crippen molar-refractivity contribution in [2.24, 2.45) is 0 Å². The minimum Gasteiger partial charge on any atom is -0.427 e. The summed E-state index contributed by atoms with van der Waals surface area (Å²) in [5.41, 5.74) is 1.20. The van der Waals surface area contributed by atoms with E-state index in [-0.39, 0.29) is 5.97 Å². The van der Waals surface area contributed by atoms with Gasteiger partial charge in [0.1, 0.15) is 5.75 Å². The molecule has 0 saturated carbocycles. The Labute approximate surface area is 89.4 Å². The molecule has 3 heteroatoms. The number of rotatable bonds is 2. The molecule has 0 radical (unpaired) electrons. The highest BCUT2D eigenvalue weighted by molar-refractivity contribution is 5.69. The SMILES string of the molecule is CC(=O)Oc1cccc([C@H]2CCCN2)c1. The Kier molecular flexibility index (Phi) is 3.02. The van der Waals surface area contributed by atoms with Gasteiger partial charge in [-0.1, -0.05) is 12.1 Å². The number of esters is 1. The van der Waals surface area contributed by atoms with Crippen LogP contribution < -0.4 is 10.1 Å². The minimum absolute atomic E-state index is 0.272. The van der Waals surface area contributed by atoms with E-state index in [1.165, 1.54) is 18.9 Å². The van der Waals surface area contributed by atoms with Crippen LogP contribution in [0.5, 0.6) is 5.75 Å². The van der Waals surface area contributed by atoms with E-state index in [0.29, 0.717) is 11.8 Å². The zero-order valence-corrected chi connectivity index (χ0v) is 8.82. The van der Waals surface area contributed by atoms with Crippen molar-refractivity contribution in [1.29, 1.82) is 0 Å². The molecule has 3 nitrogen and oxygen atoms in total. The molecule has 1 aliphatic heterocycles. The first kappa shape index (κ1) is 10.2. The molecule has 80 valence electrons. The fourth-order valence-corrected chi connectivity index (χ4v) is 1.93.